The molecule has 1 aromatic heterocycles. The monoisotopic (exact) mass is 404 g/mol. The van der Waals surface area contributed by atoms with Crippen LogP contribution in [0.5, 0.6) is 0 Å². The lowest BCUT2D eigenvalue weighted by Gasteiger charge is -2.24. The lowest BCUT2D eigenvalue weighted by Crippen LogP contribution is -2.35. The average molecular weight is 405 g/mol. The minimum absolute atomic E-state index is 0.159. The Morgan fingerprint density at radius 2 is 1.83 bits per heavy atom. The maximum Gasteiger partial charge on any atom is 0.261 e. The van der Waals surface area contributed by atoms with Gasteiger partial charge in [0.15, 0.2) is 0 Å². The number of nitrogens with two attached hydrogens (primary N) is 1. The fraction of sp³-hybridized carbons (Fsp3) is 0.375. The third kappa shape index (κ3) is 4.44. The summed E-state index contributed by atoms with van der Waals surface area (Å²) >= 11 is 0. The average Bonchev–Trinajstić information content (AvgIpc) is 3.56. The molecule has 4 rings (SSSR count). The van der Waals surface area contributed by atoms with E-state index in [1.807, 2.05) is 12.1 Å². The number of fused-ring (bicyclic) bond motifs is 1. The lowest BCUT2D eigenvalue weighted by atomic mass is 10.0. The van der Waals surface area contributed by atoms with Gasteiger partial charge >= 0.3 is 0 Å². The van der Waals surface area contributed by atoms with Gasteiger partial charge in [0.2, 0.25) is 5.91 Å². The molecule has 0 aliphatic heterocycles. The van der Waals surface area contributed by atoms with E-state index in [9.17, 15) is 9.59 Å². The third-order valence-electron chi connectivity index (χ3n) is 5.69. The van der Waals surface area contributed by atoms with Gasteiger partial charge in [-0.1, -0.05) is 50.2 Å². The topological polar surface area (TPSA) is 81.2 Å². The summed E-state index contributed by atoms with van der Waals surface area (Å²) in [5, 5.41) is 0.504. The number of para-hydroxylation sites is 1. The first-order valence-electron chi connectivity index (χ1n) is 10.5. The molecule has 1 saturated carbocycles. The lowest BCUT2D eigenvalue weighted by molar-refractivity contribution is -0.118. The van der Waals surface area contributed by atoms with Gasteiger partial charge in [-0.05, 0) is 42.0 Å². The summed E-state index contributed by atoms with van der Waals surface area (Å²) in [4.78, 5) is 31.7. The molecule has 30 heavy (non-hydrogen) atoms. The molecule has 1 aliphatic carbocycles. The number of aromatic nitrogens is 2. The van der Waals surface area contributed by atoms with Crippen molar-refractivity contribution in [2.24, 2.45) is 5.73 Å². The molecule has 1 fully saturated rings. The Hall–Kier alpha value is -2.99. The molecule has 0 saturated heterocycles. The molecule has 3 aromatic rings. The number of nitrogens with zero attached hydrogens (tertiary/aromatic N) is 3. The van der Waals surface area contributed by atoms with E-state index in [1.54, 1.807) is 12.1 Å². The highest BCUT2D eigenvalue weighted by molar-refractivity contribution is 5.78. The van der Waals surface area contributed by atoms with E-state index in [1.165, 1.54) is 15.7 Å². The van der Waals surface area contributed by atoms with Crippen molar-refractivity contribution in [3.05, 3.63) is 75.8 Å². The van der Waals surface area contributed by atoms with Gasteiger partial charge in [-0.2, -0.15) is 0 Å². The number of carbonyl (C=O) groups is 1. The molecular formula is C24H28N4O2. The molecular weight excluding hydrogens is 376 g/mol. The van der Waals surface area contributed by atoms with Gasteiger partial charge in [-0.15, -0.1) is 0 Å². The maximum absolute atomic E-state index is 13.0. The Morgan fingerprint density at radius 1 is 1.13 bits per heavy atom. The van der Waals surface area contributed by atoms with Crippen molar-refractivity contribution in [1.29, 1.82) is 0 Å². The van der Waals surface area contributed by atoms with Gasteiger partial charge < -0.3 is 5.73 Å². The standard InChI is InChI=1S/C24H28N4O2/c1-16(2)18-9-7-17(8-10-18)13-27(19-11-12-19)15-23-26-21-6-4-3-5-20(21)24(30)28(23)14-22(25)29/h3-10,16,19H,11-15H2,1-2H3,(H2,25,29). The number of amides is 1. The Morgan fingerprint density at radius 3 is 2.47 bits per heavy atom. The van der Waals surface area contributed by atoms with Crippen molar-refractivity contribution in [3.8, 4) is 0 Å². The van der Waals surface area contributed by atoms with Crippen molar-refractivity contribution < 1.29 is 4.79 Å². The Labute approximate surface area is 176 Å². The summed E-state index contributed by atoms with van der Waals surface area (Å²) in [5.41, 5.74) is 8.42. The minimum Gasteiger partial charge on any atom is -0.368 e. The van der Waals surface area contributed by atoms with Gasteiger partial charge in [0.1, 0.15) is 12.4 Å². The van der Waals surface area contributed by atoms with E-state index < -0.39 is 5.91 Å². The zero-order chi connectivity index (χ0) is 21.3. The fourth-order valence-electron chi connectivity index (χ4n) is 3.83. The molecule has 1 amide bonds. The summed E-state index contributed by atoms with van der Waals surface area (Å²) in [7, 11) is 0. The van der Waals surface area contributed by atoms with Gasteiger partial charge in [0.25, 0.3) is 5.56 Å². The van der Waals surface area contributed by atoms with Crippen LogP contribution in [0.1, 0.15) is 49.6 Å². The summed E-state index contributed by atoms with van der Waals surface area (Å²) in [6.07, 6.45) is 2.27. The molecule has 1 heterocycles. The zero-order valence-electron chi connectivity index (χ0n) is 17.5. The van der Waals surface area contributed by atoms with Crippen molar-refractivity contribution in [2.45, 2.75) is 58.3 Å². The molecule has 0 unspecified atom stereocenters. The Balaban J connectivity index is 1.66. The van der Waals surface area contributed by atoms with E-state index in [4.69, 9.17) is 10.7 Å². The molecule has 2 N–H and O–H groups in total. The Bertz CT molecular complexity index is 1110. The van der Waals surface area contributed by atoms with Crippen LogP contribution in [0.3, 0.4) is 0 Å². The Kier molecular flexibility index (Phi) is 5.68. The first-order chi connectivity index (χ1) is 14.4. The maximum atomic E-state index is 13.0. The molecule has 0 spiro atoms. The second-order valence-electron chi connectivity index (χ2n) is 8.44. The second-order valence-corrected chi connectivity index (χ2v) is 8.44. The zero-order valence-corrected chi connectivity index (χ0v) is 17.5. The number of hydrogen-bond acceptors (Lipinski definition) is 4. The van der Waals surface area contributed by atoms with Crippen LogP contribution < -0.4 is 11.3 Å². The summed E-state index contributed by atoms with van der Waals surface area (Å²) in [5.74, 6) is 0.546. The van der Waals surface area contributed by atoms with Gasteiger partial charge in [0.05, 0.1) is 17.4 Å². The van der Waals surface area contributed by atoms with Gasteiger partial charge in [-0.25, -0.2) is 4.98 Å². The number of rotatable bonds is 8. The molecule has 0 bridgehead atoms. The quantitative estimate of drug-likeness (QED) is 0.625. The highest BCUT2D eigenvalue weighted by Crippen LogP contribution is 2.30. The first-order valence-corrected chi connectivity index (χ1v) is 10.5. The first kappa shape index (κ1) is 20.3. The molecule has 0 radical (unpaired) electrons. The van der Waals surface area contributed by atoms with E-state index >= 15 is 0 Å². The molecule has 6 heteroatoms. The summed E-state index contributed by atoms with van der Waals surface area (Å²) < 4.78 is 1.43. The van der Waals surface area contributed by atoms with Crippen molar-refractivity contribution in [3.63, 3.8) is 0 Å². The molecule has 6 nitrogen and oxygen atoms in total. The van der Waals surface area contributed by atoms with Gasteiger partial charge in [-0.3, -0.25) is 19.1 Å². The normalized spacial score (nSPS) is 14.0. The van der Waals surface area contributed by atoms with Crippen LogP contribution in [0.2, 0.25) is 0 Å². The largest absolute Gasteiger partial charge is 0.368 e. The van der Waals surface area contributed by atoms with Crippen LogP contribution in [-0.4, -0.2) is 26.4 Å². The van der Waals surface area contributed by atoms with E-state index in [-0.39, 0.29) is 12.1 Å². The van der Waals surface area contributed by atoms with Crippen LogP contribution in [0.4, 0.5) is 0 Å². The predicted molar refractivity (Wildman–Crippen MR) is 118 cm³/mol. The van der Waals surface area contributed by atoms with Crippen LogP contribution in [0, 0.1) is 0 Å². The molecule has 1 aliphatic rings. The number of benzene rings is 2. The van der Waals surface area contributed by atoms with Gasteiger partial charge in [0, 0.05) is 12.6 Å². The van der Waals surface area contributed by atoms with Crippen molar-refractivity contribution in [1.82, 2.24) is 14.5 Å². The third-order valence-corrected chi connectivity index (χ3v) is 5.69. The second kappa shape index (κ2) is 8.40. The fourth-order valence-corrected chi connectivity index (χ4v) is 3.83. The highest BCUT2D eigenvalue weighted by Gasteiger charge is 2.30. The van der Waals surface area contributed by atoms with Crippen molar-refractivity contribution in [2.75, 3.05) is 0 Å². The number of carbonyl (C=O) groups excluding carboxylic acids is 1. The molecule has 2 aromatic carbocycles. The minimum atomic E-state index is -0.544. The molecule has 0 atom stereocenters. The number of primary amides is 1. The van der Waals surface area contributed by atoms with Crippen molar-refractivity contribution >= 4 is 16.8 Å². The molecule has 156 valence electrons. The van der Waals surface area contributed by atoms with Crippen LogP contribution in [0.15, 0.2) is 53.3 Å². The smallest absolute Gasteiger partial charge is 0.261 e. The summed E-state index contributed by atoms with van der Waals surface area (Å²) in [6.45, 7) is 5.50. The van der Waals surface area contributed by atoms with E-state index in [2.05, 4.69) is 43.0 Å². The summed E-state index contributed by atoms with van der Waals surface area (Å²) in [6, 6.07) is 16.4. The predicted octanol–water partition coefficient (Wildman–Crippen LogP) is 3.17. The highest BCUT2D eigenvalue weighted by atomic mass is 16.2. The van der Waals surface area contributed by atoms with E-state index in [0.29, 0.717) is 35.2 Å². The van der Waals surface area contributed by atoms with Crippen LogP contribution in [-0.2, 0) is 24.4 Å². The van der Waals surface area contributed by atoms with E-state index in [0.717, 1.165) is 19.4 Å². The van der Waals surface area contributed by atoms with Crippen LogP contribution in [0.25, 0.3) is 10.9 Å². The number of hydrogen-bond donors (Lipinski definition) is 1. The van der Waals surface area contributed by atoms with Crippen LogP contribution >= 0.6 is 0 Å². The SMILES string of the molecule is CC(C)c1ccc(CN(Cc2nc3ccccc3c(=O)n2CC(N)=O)C2CC2)cc1.